The topological polar surface area (TPSA) is 342 Å². The molecule has 27 nitrogen and oxygen atoms in total. The molecule has 2 unspecified atom stereocenters. The molecule has 0 radical (unpaired) electrons. The van der Waals surface area contributed by atoms with Crippen LogP contribution in [0, 0.1) is 20.8 Å². The number of hydrogen-bond acceptors (Lipinski definition) is 22. The van der Waals surface area contributed by atoms with Gasteiger partial charge in [-0.05, 0) is 337 Å². The van der Waals surface area contributed by atoms with E-state index in [0.29, 0.717) is 39.9 Å². The summed E-state index contributed by atoms with van der Waals surface area (Å²) >= 11 is 63.8. The van der Waals surface area contributed by atoms with Crippen LogP contribution < -0.4 is 58.3 Å². The number of phenolic OH excluding ortho intramolecular Hbond substituents is 1. The van der Waals surface area contributed by atoms with Crippen LogP contribution in [-0.2, 0) is 24.0 Å². The highest BCUT2D eigenvalue weighted by atomic mass is 35.9. The summed E-state index contributed by atoms with van der Waals surface area (Å²) in [5, 5.41) is 22.7. The van der Waals surface area contributed by atoms with Gasteiger partial charge in [0.2, 0.25) is 0 Å². The van der Waals surface area contributed by atoms with E-state index in [-0.39, 0.29) is 62.4 Å². The van der Waals surface area contributed by atoms with E-state index >= 15 is 0 Å². The third-order valence-electron chi connectivity index (χ3n) is 14.1. The maximum atomic E-state index is 12.7. The van der Waals surface area contributed by atoms with Crippen molar-refractivity contribution in [3.8, 4) is 46.0 Å². The summed E-state index contributed by atoms with van der Waals surface area (Å²) in [4.78, 5) is 63.4. The highest BCUT2D eigenvalue weighted by Crippen LogP contribution is 2.89. The maximum Gasteiger partial charge on any atom is 0.460 e. The van der Waals surface area contributed by atoms with E-state index in [1.165, 1.54) is 5.56 Å². The Morgan fingerprint density at radius 2 is 0.432 bits per heavy atom. The molecule has 47 heteroatoms. The minimum absolute atomic E-state index is 0.126. The molecular weight excluding hydrogens is 1930 g/mol. The number of aryl methyl sites for hydroxylation is 3. The largest absolute Gasteiger partial charge is 0.508 e. The third kappa shape index (κ3) is 31.4. The van der Waals surface area contributed by atoms with Crippen LogP contribution in [-0.4, -0.2) is 34.6 Å². The van der Waals surface area contributed by atoms with E-state index < -0.39 is 88.9 Å². The Balaban J connectivity index is 0.000000357. The molecule has 0 aliphatic carbocycles. The quantitative estimate of drug-likeness (QED) is 0.0242. The van der Waals surface area contributed by atoms with Gasteiger partial charge in [0.15, 0.2) is 0 Å². The van der Waals surface area contributed by atoms with E-state index in [2.05, 4.69) is 86.6 Å². The lowest BCUT2D eigenvalue weighted by Crippen LogP contribution is -2.13. The minimum atomic E-state index is -4.52. The molecule has 6 N–H and O–H groups in total. The molecule has 0 bridgehead atoms. The van der Waals surface area contributed by atoms with Crippen LogP contribution in [0.1, 0.15) is 51.3 Å². The Kier molecular flexibility index (Phi) is 34.1. The molecule has 0 saturated carbocycles. The fraction of sp³-hybridized carbons (Fsp3) is 0.113. The van der Waals surface area contributed by atoms with Gasteiger partial charge in [-0.25, -0.2) is 0 Å². The first-order valence-electron chi connectivity index (χ1n) is 33.5. The van der Waals surface area contributed by atoms with Crippen molar-refractivity contribution < 1.29 is 60.7 Å². The van der Waals surface area contributed by atoms with Crippen molar-refractivity contribution in [3.63, 3.8) is 0 Å². The number of hydrogen-bond donors (Lipinski definition) is 6. The van der Waals surface area contributed by atoms with E-state index in [9.17, 15) is 24.0 Å². The average molecular weight is 2000 g/mol. The molecular formula is C71H72Cl11N14O13P9. The molecule has 3 aliphatic rings. The first kappa shape index (κ1) is 96.9. The van der Waals surface area contributed by atoms with Crippen molar-refractivity contribution in [1.82, 2.24) is 0 Å². The Hall–Kier alpha value is -6.53. The van der Waals surface area contributed by atoms with E-state index in [1.54, 1.807) is 192 Å². The van der Waals surface area contributed by atoms with Crippen LogP contribution in [0.4, 0.5) is 28.4 Å². The van der Waals surface area contributed by atoms with Gasteiger partial charge in [0.25, 0.3) is 59.1 Å². The normalized spacial score (nSPS) is 17.8. The number of carbonyl (C=O) groups excluding carboxylic acids is 5. The Bertz CT molecular complexity index is 5390. The van der Waals surface area contributed by atoms with Gasteiger partial charge in [0.1, 0.15) is 46.0 Å². The van der Waals surface area contributed by atoms with E-state index in [4.69, 9.17) is 174 Å². The lowest BCUT2D eigenvalue weighted by Gasteiger charge is -2.33. The second-order valence-electron chi connectivity index (χ2n) is 24.9. The molecule has 0 aromatic heterocycles. The number of nitrogens with zero attached hydrogens (tertiary/aromatic N) is 9. The van der Waals surface area contributed by atoms with Crippen LogP contribution in [0.15, 0.2) is 296 Å². The van der Waals surface area contributed by atoms with Gasteiger partial charge in [0.05, 0.1) is 0 Å². The molecule has 3 aliphatic heterocycles. The third-order valence-corrected chi connectivity index (χ3v) is 46.6. The van der Waals surface area contributed by atoms with Crippen molar-refractivity contribution in [1.29, 1.82) is 0 Å². The zero-order chi connectivity index (χ0) is 87.0. The zero-order valence-corrected chi connectivity index (χ0v) is 79.4. The van der Waals surface area contributed by atoms with Gasteiger partial charge < -0.3 is 63.4 Å². The number of benzene rings is 8. The Morgan fingerprint density at radius 1 is 0.263 bits per heavy atom. The van der Waals surface area contributed by atoms with Crippen molar-refractivity contribution in [2.24, 2.45) is 40.6 Å². The fourth-order valence-electron chi connectivity index (χ4n) is 8.57. The summed E-state index contributed by atoms with van der Waals surface area (Å²) in [7, 11) is -13.5. The van der Waals surface area contributed by atoms with Gasteiger partial charge in [0, 0.05) is 56.3 Å². The molecule has 2 atom stereocenters. The molecule has 8 aromatic carbocycles. The number of rotatable bonds is 24. The predicted octanol–water partition coefficient (Wildman–Crippen LogP) is 32.6. The summed E-state index contributed by atoms with van der Waals surface area (Å²) in [6.45, 7) is 29.2. The smallest absolute Gasteiger partial charge is 0.460 e. The lowest BCUT2D eigenvalue weighted by molar-refractivity contribution is -0.113. The molecule has 11 rings (SSSR count). The number of nitrogens with one attached hydrogen (secondary N) is 5. The molecule has 3 heterocycles. The Morgan fingerprint density at radius 3 is 0.619 bits per heavy atom. The number of carbonyl (C=O) groups is 5. The molecule has 0 fully saturated rings. The SMILES string of the molecule is C=C(C)C(=O)Nc1ccc(OP2(Oc3ccc(C)cc3)=NP(Oc3ccc(NC(=O)C(=C)C)cc3)(Oc3ccc(NC(=O)C(=C)C)cc3)=NP(Oc3ccc(NC(=O)C(=C)C)cc3)(Oc3ccc(NC(=O)C(=C)C)cc3)=N2)cc1.Cc1ccc(O)cc1.Cc1ccc(OP2(Cl)=NP(Cl)(Cl)=NP(Cl)(Cl)=N2)cc1.ClP1(Cl)=NP(Cl)(Cl)=NP(Cl)(Cl)=N1. The molecule has 626 valence electrons. The molecule has 8 aromatic rings. The van der Waals surface area contributed by atoms with Crippen LogP contribution in [0.2, 0.25) is 0 Å². The molecule has 5 amide bonds. The number of amides is 5. The number of phenols is 1. The maximum absolute atomic E-state index is 12.7. The molecule has 118 heavy (non-hydrogen) atoms. The summed E-state index contributed by atoms with van der Waals surface area (Å²) < 4.78 is 85.8. The zero-order valence-electron chi connectivity index (χ0n) is 63.1. The van der Waals surface area contributed by atoms with Crippen molar-refractivity contribution in [2.45, 2.75) is 55.4 Å². The Labute approximate surface area is 735 Å². The monoisotopic (exact) mass is 1990 g/mol. The van der Waals surface area contributed by atoms with Gasteiger partial charge in [-0.1, -0.05) is 99.5 Å². The van der Waals surface area contributed by atoms with Crippen molar-refractivity contribution in [2.75, 3.05) is 26.6 Å². The minimum Gasteiger partial charge on any atom is -0.508 e. The summed E-state index contributed by atoms with van der Waals surface area (Å²) in [5.41, 5.74) is 6.61. The van der Waals surface area contributed by atoms with Gasteiger partial charge in [-0.3, -0.25) is 24.0 Å². The number of anilines is 5. The van der Waals surface area contributed by atoms with Gasteiger partial charge in [-0.2, -0.15) is 27.1 Å². The predicted molar refractivity (Wildman–Crippen MR) is 498 cm³/mol. The average Bonchev–Trinajstić information content (AvgIpc) is 0.728. The summed E-state index contributed by atoms with van der Waals surface area (Å²) in [6.07, 6.45) is 0. The second-order valence-corrected chi connectivity index (χ2v) is 59.1. The van der Waals surface area contributed by atoms with E-state index in [0.717, 1.165) is 11.1 Å². The van der Waals surface area contributed by atoms with Gasteiger partial charge in [-0.15, -0.1) is 0 Å². The van der Waals surface area contributed by atoms with Crippen molar-refractivity contribution in [3.05, 3.63) is 272 Å². The summed E-state index contributed by atoms with van der Waals surface area (Å²) in [5.74, 6) is -15.1. The van der Waals surface area contributed by atoms with Crippen LogP contribution in [0.25, 0.3) is 0 Å². The van der Waals surface area contributed by atoms with E-state index in [1.807, 2.05) is 57.2 Å². The second kappa shape index (κ2) is 41.6. The standard InChI is InChI=1S/C57H57N8O11P3.C7H7Cl5N3OP3.C7H8O.Cl6N3P3/c1-36(2)53(66)58-42-14-26-48(27-15-42)72-77(71-47-24-12-41(11)13-25-47)63-78(73-49-28-16-43(17-29-49)59-54(67)37(3)4,74-50-30-18-44(19-31-50)60-55(68)38(5)6)65-79(64-77,75-51-32-20-45(21-33-51)61-56(69)39(7)8)76-52-34-22-46(23-35-52)62-57(70)40(9)10;1-6-2-4-7(5-3-6)16-19(12)14-17(8,9)13-18(10,11)15-19;1-6-2-4-7(8)5-3-6;1-10(2)7-11(3,4)9-12(5,6)8-10/h12-35H,1,3,5,7,9H2,2,4,6,8,10-11H3,(H,58,66)(H,59,67)(H,60,68)(H,61,69)(H,62,70);2-5H,1H3;2-5,8H,1H3;. The highest BCUT2D eigenvalue weighted by molar-refractivity contribution is 8.26. The lowest BCUT2D eigenvalue weighted by atomic mass is 10.2. The summed E-state index contributed by atoms with van der Waals surface area (Å²) in [6, 6.07) is 52.9. The van der Waals surface area contributed by atoms with Crippen LogP contribution >= 0.6 is 183 Å². The highest BCUT2D eigenvalue weighted by Gasteiger charge is 2.49. The fourth-order valence-corrected chi connectivity index (χ4v) is 53.0. The number of aromatic hydroxyl groups is 1. The molecule has 0 spiro atoms. The first-order valence-corrected chi connectivity index (χ1v) is 58.1. The molecule has 0 saturated heterocycles. The van der Waals surface area contributed by atoms with Crippen LogP contribution in [0.5, 0.6) is 46.0 Å². The van der Waals surface area contributed by atoms with Crippen LogP contribution in [0.3, 0.4) is 0 Å². The first-order chi connectivity index (χ1) is 55.0. The number of halogens is 11. The van der Waals surface area contributed by atoms with Gasteiger partial charge >= 0.3 is 29.8 Å². The van der Waals surface area contributed by atoms with Crippen molar-refractivity contribution >= 4 is 241 Å².